The molecule has 2 aliphatic heterocycles. The Hall–Kier alpha value is -3.05. The summed E-state index contributed by atoms with van der Waals surface area (Å²) in [6.45, 7) is 0.719. The standard InChI is InChI=1S/C19H19NO9S/c1-10(21)28-8-13-9-30(26)17-15(27-2)16(22)20(17)14(13)19(25)29-7-11-3-5-12(6-4-11)18(23)24/h3-6,15,17H,7-9H2,1-2H3,(H,23,24). The maximum absolute atomic E-state index is 12.8. The number of carboxylic acid groups (broad SMARTS) is 1. The Bertz CT molecular complexity index is 953. The molecule has 1 aromatic carbocycles. The van der Waals surface area contributed by atoms with Gasteiger partial charge in [0.2, 0.25) is 0 Å². The molecule has 0 aliphatic carbocycles. The molecule has 2 aliphatic rings. The van der Waals surface area contributed by atoms with Crippen molar-refractivity contribution in [1.82, 2.24) is 4.90 Å². The first-order valence-corrected chi connectivity index (χ1v) is 10.2. The quantitative estimate of drug-likeness (QED) is 0.468. The number of β-lactam (4-membered cyclic amide) rings is 1. The van der Waals surface area contributed by atoms with Crippen LogP contribution in [0.5, 0.6) is 0 Å². The Labute approximate surface area is 173 Å². The van der Waals surface area contributed by atoms with Gasteiger partial charge in [-0.3, -0.25) is 18.7 Å². The van der Waals surface area contributed by atoms with Crippen molar-refractivity contribution in [2.75, 3.05) is 19.5 Å². The second-order valence-electron chi connectivity index (χ2n) is 6.59. The second-order valence-corrected chi connectivity index (χ2v) is 8.12. The highest BCUT2D eigenvalue weighted by Crippen LogP contribution is 2.36. The van der Waals surface area contributed by atoms with Gasteiger partial charge in [0, 0.05) is 19.6 Å². The highest BCUT2D eigenvalue weighted by molar-refractivity contribution is 7.86. The van der Waals surface area contributed by atoms with E-state index in [1.54, 1.807) is 0 Å². The molecule has 0 aromatic heterocycles. The van der Waals surface area contributed by atoms with Crippen LogP contribution in [0.15, 0.2) is 35.5 Å². The molecule has 160 valence electrons. The number of rotatable bonds is 7. The van der Waals surface area contributed by atoms with Crippen LogP contribution in [0, 0.1) is 0 Å². The third kappa shape index (κ3) is 4.12. The zero-order valence-electron chi connectivity index (χ0n) is 16.2. The minimum atomic E-state index is -1.54. The third-order valence-electron chi connectivity index (χ3n) is 4.62. The lowest BCUT2D eigenvalue weighted by Gasteiger charge is -2.48. The first-order valence-electron chi connectivity index (χ1n) is 8.82. The van der Waals surface area contributed by atoms with Gasteiger partial charge < -0.3 is 19.3 Å². The van der Waals surface area contributed by atoms with Crippen LogP contribution < -0.4 is 0 Å². The normalized spacial score (nSPS) is 22.8. The molecule has 1 saturated heterocycles. The number of carbonyl (C=O) groups is 4. The fourth-order valence-corrected chi connectivity index (χ4v) is 4.83. The van der Waals surface area contributed by atoms with Gasteiger partial charge in [-0.1, -0.05) is 12.1 Å². The number of amides is 1. The predicted molar refractivity (Wildman–Crippen MR) is 101 cm³/mol. The number of methoxy groups -OCH3 is 1. The molecule has 3 rings (SSSR count). The van der Waals surface area contributed by atoms with Crippen LogP contribution in [0.25, 0.3) is 0 Å². The summed E-state index contributed by atoms with van der Waals surface area (Å²) >= 11 is 0. The molecule has 0 bridgehead atoms. The summed E-state index contributed by atoms with van der Waals surface area (Å²) in [7, 11) is -0.227. The van der Waals surface area contributed by atoms with Crippen molar-refractivity contribution in [2.45, 2.75) is 25.0 Å². The van der Waals surface area contributed by atoms with Crippen LogP contribution in [0.4, 0.5) is 0 Å². The minimum absolute atomic E-state index is 0.0701. The van der Waals surface area contributed by atoms with Crippen LogP contribution >= 0.6 is 0 Å². The largest absolute Gasteiger partial charge is 0.478 e. The average Bonchev–Trinajstić information content (AvgIpc) is 2.71. The van der Waals surface area contributed by atoms with Crippen molar-refractivity contribution in [3.8, 4) is 0 Å². The zero-order valence-corrected chi connectivity index (χ0v) is 17.0. The molecule has 1 aromatic rings. The maximum atomic E-state index is 12.8. The Morgan fingerprint density at radius 2 is 1.83 bits per heavy atom. The van der Waals surface area contributed by atoms with Gasteiger partial charge in [-0.15, -0.1) is 0 Å². The molecule has 0 saturated carbocycles. The number of fused-ring (bicyclic) bond motifs is 1. The zero-order chi connectivity index (χ0) is 22.0. The second kappa shape index (κ2) is 8.76. The lowest BCUT2D eigenvalue weighted by atomic mass is 10.1. The minimum Gasteiger partial charge on any atom is -0.478 e. The first-order chi connectivity index (χ1) is 14.2. The van der Waals surface area contributed by atoms with Gasteiger partial charge in [0.1, 0.15) is 24.3 Å². The SMILES string of the molecule is COC1C(=O)N2C(C(=O)OCc3ccc(C(=O)O)cc3)=C(COC(C)=O)CS(=O)C12. The molecular formula is C19H19NO9S. The van der Waals surface area contributed by atoms with E-state index in [9.17, 15) is 23.4 Å². The van der Waals surface area contributed by atoms with Gasteiger partial charge >= 0.3 is 17.9 Å². The van der Waals surface area contributed by atoms with E-state index in [0.29, 0.717) is 5.56 Å². The predicted octanol–water partition coefficient (Wildman–Crippen LogP) is 0.191. The van der Waals surface area contributed by atoms with Gasteiger partial charge in [-0.05, 0) is 17.7 Å². The number of nitrogens with zero attached hydrogens (tertiary/aromatic N) is 1. The summed E-state index contributed by atoms with van der Waals surface area (Å²) in [6.07, 6.45) is -0.924. The molecular weight excluding hydrogens is 418 g/mol. The molecule has 1 fully saturated rings. The van der Waals surface area contributed by atoms with Crippen LogP contribution in [0.3, 0.4) is 0 Å². The molecule has 3 unspecified atom stereocenters. The van der Waals surface area contributed by atoms with E-state index >= 15 is 0 Å². The van der Waals surface area contributed by atoms with Crippen molar-refractivity contribution in [1.29, 1.82) is 0 Å². The summed E-state index contributed by atoms with van der Waals surface area (Å²) in [5.41, 5.74) is 0.734. The van der Waals surface area contributed by atoms with Crippen LogP contribution in [-0.4, -0.2) is 69.0 Å². The van der Waals surface area contributed by atoms with Crippen LogP contribution in [0.2, 0.25) is 0 Å². The molecule has 1 N–H and O–H groups in total. The van der Waals surface area contributed by atoms with E-state index in [0.717, 1.165) is 4.90 Å². The Balaban J connectivity index is 1.81. The summed E-state index contributed by atoms with van der Waals surface area (Å²) in [6, 6.07) is 5.75. The summed E-state index contributed by atoms with van der Waals surface area (Å²) in [4.78, 5) is 48.4. The monoisotopic (exact) mass is 437 g/mol. The Morgan fingerprint density at radius 1 is 1.17 bits per heavy atom. The van der Waals surface area contributed by atoms with Gasteiger partial charge in [0.05, 0.1) is 22.1 Å². The van der Waals surface area contributed by atoms with E-state index in [1.807, 2.05) is 0 Å². The van der Waals surface area contributed by atoms with Gasteiger partial charge in [0.15, 0.2) is 6.10 Å². The number of ether oxygens (including phenoxy) is 3. The lowest BCUT2D eigenvalue weighted by Crippen LogP contribution is -2.69. The lowest BCUT2D eigenvalue weighted by molar-refractivity contribution is -0.164. The topological polar surface area (TPSA) is 137 Å². The summed E-state index contributed by atoms with van der Waals surface area (Å²) in [5.74, 6) is -3.12. The Kier molecular flexibility index (Phi) is 6.32. The third-order valence-corrected chi connectivity index (χ3v) is 6.25. The van der Waals surface area contributed by atoms with E-state index in [1.165, 1.54) is 38.3 Å². The number of carboxylic acids is 1. The van der Waals surface area contributed by atoms with E-state index in [4.69, 9.17) is 19.3 Å². The fraction of sp³-hybridized carbons (Fsp3) is 0.368. The highest BCUT2D eigenvalue weighted by Gasteiger charge is 2.57. The smallest absolute Gasteiger partial charge is 0.355 e. The van der Waals surface area contributed by atoms with Crippen molar-refractivity contribution < 1.29 is 42.7 Å². The molecule has 0 spiro atoms. The van der Waals surface area contributed by atoms with Crippen molar-refractivity contribution in [3.05, 3.63) is 46.7 Å². The molecule has 11 heteroatoms. The molecule has 2 heterocycles. The highest BCUT2D eigenvalue weighted by atomic mass is 32.2. The van der Waals surface area contributed by atoms with Gasteiger partial charge in [-0.25, -0.2) is 9.59 Å². The van der Waals surface area contributed by atoms with Crippen LogP contribution in [0.1, 0.15) is 22.8 Å². The van der Waals surface area contributed by atoms with Crippen molar-refractivity contribution in [2.24, 2.45) is 0 Å². The number of benzene rings is 1. The molecule has 0 radical (unpaired) electrons. The maximum Gasteiger partial charge on any atom is 0.355 e. The Morgan fingerprint density at radius 3 is 2.40 bits per heavy atom. The molecule has 3 atom stereocenters. The number of carbonyl (C=O) groups excluding carboxylic acids is 3. The molecule has 1 amide bonds. The molecule has 30 heavy (non-hydrogen) atoms. The van der Waals surface area contributed by atoms with Gasteiger partial charge in [0.25, 0.3) is 5.91 Å². The van der Waals surface area contributed by atoms with Crippen molar-refractivity contribution in [3.63, 3.8) is 0 Å². The number of esters is 2. The van der Waals surface area contributed by atoms with E-state index in [2.05, 4.69) is 0 Å². The molecule has 10 nitrogen and oxygen atoms in total. The fourth-order valence-electron chi connectivity index (χ4n) is 3.15. The number of hydrogen-bond acceptors (Lipinski definition) is 8. The van der Waals surface area contributed by atoms with Gasteiger partial charge in [-0.2, -0.15) is 0 Å². The van der Waals surface area contributed by atoms with E-state index in [-0.39, 0.29) is 35.8 Å². The van der Waals surface area contributed by atoms with Crippen LogP contribution in [-0.2, 0) is 46.0 Å². The summed E-state index contributed by atoms with van der Waals surface area (Å²) < 4.78 is 27.8. The number of aromatic carboxylic acids is 1. The average molecular weight is 437 g/mol. The van der Waals surface area contributed by atoms with E-state index < -0.39 is 46.1 Å². The first kappa shape index (κ1) is 21.7. The summed E-state index contributed by atoms with van der Waals surface area (Å²) in [5, 5.41) is 8.11. The number of hydrogen-bond donors (Lipinski definition) is 1. The van der Waals surface area contributed by atoms with Crippen molar-refractivity contribution >= 4 is 34.6 Å².